The van der Waals surface area contributed by atoms with Crippen molar-refractivity contribution < 1.29 is 27.2 Å². The van der Waals surface area contributed by atoms with Gasteiger partial charge in [0.15, 0.2) is 11.3 Å². The summed E-state index contributed by atoms with van der Waals surface area (Å²) in [7, 11) is 1.55. The maximum atomic E-state index is 12.8. The van der Waals surface area contributed by atoms with Gasteiger partial charge in [0, 0.05) is 31.1 Å². The summed E-state index contributed by atoms with van der Waals surface area (Å²) < 4.78 is 55.3. The van der Waals surface area contributed by atoms with Crippen LogP contribution in [-0.2, 0) is 10.9 Å². The molecule has 13 heteroatoms. The quantitative estimate of drug-likeness (QED) is 0.371. The Balaban J connectivity index is 1.63. The van der Waals surface area contributed by atoms with Crippen molar-refractivity contribution in [1.82, 2.24) is 24.5 Å². The Morgan fingerprint density at radius 3 is 2.65 bits per heavy atom. The first-order valence-electron chi connectivity index (χ1n) is 8.63. The number of nitrogens with zero attached hydrogens (tertiary/aromatic N) is 5. The van der Waals surface area contributed by atoms with E-state index in [1.54, 1.807) is 7.11 Å². The molecule has 0 aliphatic carbocycles. The lowest BCUT2D eigenvalue weighted by Gasteiger charge is -2.09. The van der Waals surface area contributed by atoms with Crippen LogP contribution >= 0.6 is 23.2 Å². The number of aromatic nitrogens is 5. The van der Waals surface area contributed by atoms with Crippen molar-refractivity contribution in [3.05, 3.63) is 46.5 Å². The zero-order chi connectivity index (χ0) is 22.2. The molecule has 4 rings (SSSR count). The van der Waals surface area contributed by atoms with Crippen molar-refractivity contribution in [2.75, 3.05) is 20.3 Å². The Morgan fingerprint density at radius 1 is 1.10 bits per heavy atom. The monoisotopic (exact) mass is 473 g/mol. The molecule has 1 aromatic carbocycles. The average Bonchev–Trinajstić information content (AvgIpc) is 3.36. The fourth-order valence-corrected chi connectivity index (χ4v) is 3.09. The van der Waals surface area contributed by atoms with E-state index in [2.05, 4.69) is 20.1 Å². The third-order valence-corrected chi connectivity index (χ3v) is 4.69. The molecule has 3 aromatic heterocycles. The van der Waals surface area contributed by atoms with Gasteiger partial charge in [0.1, 0.15) is 18.1 Å². The van der Waals surface area contributed by atoms with E-state index in [0.29, 0.717) is 17.9 Å². The first kappa shape index (κ1) is 21.3. The Morgan fingerprint density at radius 2 is 1.90 bits per heavy atom. The molecular formula is C18H12Cl2F3N5O3. The van der Waals surface area contributed by atoms with Crippen molar-refractivity contribution in [2.45, 2.75) is 6.18 Å². The minimum Gasteiger partial charge on any atom is -0.490 e. The largest absolute Gasteiger partial charge is 0.490 e. The lowest BCUT2D eigenvalue weighted by atomic mass is 10.2. The summed E-state index contributed by atoms with van der Waals surface area (Å²) in [4.78, 5) is 11.7. The van der Waals surface area contributed by atoms with Crippen LogP contribution in [0.4, 0.5) is 13.2 Å². The van der Waals surface area contributed by atoms with Crippen molar-refractivity contribution in [1.29, 1.82) is 0 Å². The molecule has 0 aliphatic heterocycles. The predicted octanol–water partition coefficient (Wildman–Crippen LogP) is 4.80. The highest BCUT2D eigenvalue weighted by Gasteiger charge is 2.33. The summed E-state index contributed by atoms with van der Waals surface area (Å²) in [5, 5.41) is 4.40. The van der Waals surface area contributed by atoms with Gasteiger partial charge in [-0.3, -0.25) is 0 Å². The molecule has 0 unspecified atom stereocenters. The summed E-state index contributed by atoms with van der Waals surface area (Å²) in [6, 6.07) is 3.03. The first-order valence-corrected chi connectivity index (χ1v) is 9.39. The fourth-order valence-electron chi connectivity index (χ4n) is 2.63. The lowest BCUT2D eigenvalue weighted by molar-refractivity contribution is -0.141. The van der Waals surface area contributed by atoms with Crippen molar-refractivity contribution in [3.8, 4) is 28.7 Å². The molecule has 0 bridgehead atoms. The van der Waals surface area contributed by atoms with Crippen molar-refractivity contribution in [2.24, 2.45) is 0 Å². The number of alkyl halides is 3. The summed E-state index contributed by atoms with van der Waals surface area (Å²) in [5.41, 5.74) is -0.321. The number of halogens is 5. The molecule has 3 heterocycles. The Hall–Kier alpha value is -2.89. The molecule has 31 heavy (non-hydrogen) atoms. The molecule has 0 radical (unpaired) electrons. The van der Waals surface area contributed by atoms with Gasteiger partial charge < -0.3 is 18.4 Å². The van der Waals surface area contributed by atoms with E-state index in [1.165, 1.54) is 22.7 Å². The van der Waals surface area contributed by atoms with Gasteiger partial charge in [0.05, 0.1) is 22.8 Å². The predicted molar refractivity (Wildman–Crippen MR) is 104 cm³/mol. The van der Waals surface area contributed by atoms with Crippen LogP contribution in [0.15, 0.2) is 35.2 Å². The molecule has 4 aromatic rings. The number of methoxy groups -OCH3 is 1. The van der Waals surface area contributed by atoms with E-state index < -0.39 is 11.9 Å². The second kappa shape index (κ2) is 8.33. The Kier molecular flexibility index (Phi) is 5.73. The number of imidazole rings is 1. The average molecular weight is 474 g/mol. The Labute approximate surface area is 182 Å². The van der Waals surface area contributed by atoms with E-state index in [9.17, 15) is 13.2 Å². The maximum absolute atomic E-state index is 12.8. The first-order chi connectivity index (χ1) is 14.8. The highest BCUT2D eigenvalue weighted by molar-refractivity contribution is 6.36. The molecule has 0 atom stereocenters. The standard InChI is InChI=1S/C18H12Cl2F3N5O3/c1-29-2-3-30-13-5-10(19)9(4-11(13)20)16-26-17(31-27-16)12-7-28-8-14(18(21,22)23)24-6-15(28)25-12/h4-8H,2-3H2,1H3. The van der Waals surface area contributed by atoms with E-state index >= 15 is 0 Å². The van der Waals surface area contributed by atoms with Gasteiger partial charge in [-0.2, -0.15) is 18.2 Å². The number of hydrogen-bond donors (Lipinski definition) is 0. The second-order valence-electron chi connectivity index (χ2n) is 6.19. The van der Waals surface area contributed by atoms with Gasteiger partial charge in [0.2, 0.25) is 5.82 Å². The van der Waals surface area contributed by atoms with Gasteiger partial charge in [-0.1, -0.05) is 28.4 Å². The highest BCUT2D eigenvalue weighted by atomic mass is 35.5. The van der Waals surface area contributed by atoms with Crippen LogP contribution in [0, 0.1) is 0 Å². The molecular weight excluding hydrogens is 462 g/mol. The zero-order valence-electron chi connectivity index (χ0n) is 15.7. The third kappa shape index (κ3) is 4.43. The SMILES string of the molecule is COCCOc1cc(Cl)c(-c2noc(-c3cn4cc(C(F)(F)F)ncc4n3)n2)cc1Cl. The number of hydrogen-bond acceptors (Lipinski definition) is 7. The van der Waals surface area contributed by atoms with Crippen LogP contribution in [0.5, 0.6) is 5.75 Å². The molecule has 0 saturated heterocycles. The number of benzene rings is 1. The molecule has 0 N–H and O–H groups in total. The Bertz CT molecular complexity index is 1240. The molecule has 0 amide bonds. The summed E-state index contributed by atoms with van der Waals surface area (Å²) in [5.74, 6) is 0.473. The summed E-state index contributed by atoms with van der Waals surface area (Å²) in [6.45, 7) is 0.667. The van der Waals surface area contributed by atoms with Crippen molar-refractivity contribution >= 4 is 28.8 Å². The molecule has 0 spiro atoms. The van der Waals surface area contributed by atoms with Gasteiger partial charge in [-0.15, -0.1) is 0 Å². The van der Waals surface area contributed by atoms with Gasteiger partial charge in [-0.25, -0.2) is 9.97 Å². The molecule has 8 nitrogen and oxygen atoms in total. The lowest BCUT2D eigenvalue weighted by Crippen LogP contribution is -2.08. The number of fused-ring (bicyclic) bond motifs is 1. The zero-order valence-corrected chi connectivity index (χ0v) is 17.2. The van der Waals surface area contributed by atoms with E-state index in [4.69, 9.17) is 37.2 Å². The second-order valence-corrected chi connectivity index (χ2v) is 7.00. The fraction of sp³-hybridized carbons (Fsp3) is 0.222. The smallest absolute Gasteiger partial charge is 0.434 e. The van der Waals surface area contributed by atoms with Crippen LogP contribution < -0.4 is 4.74 Å². The number of rotatable bonds is 6. The topological polar surface area (TPSA) is 87.6 Å². The minimum absolute atomic E-state index is 0.0140. The summed E-state index contributed by atoms with van der Waals surface area (Å²) >= 11 is 12.5. The van der Waals surface area contributed by atoms with E-state index in [0.717, 1.165) is 12.4 Å². The minimum atomic E-state index is -4.58. The molecule has 0 aliphatic rings. The number of ether oxygens (including phenoxy) is 2. The van der Waals surface area contributed by atoms with Crippen LogP contribution in [-0.4, -0.2) is 44.8 Å². The highest BCUT2D eigenvalue weighted by Crippen LogP contribution is 2.36. The van der Waals surface area contributed by atoms with Gasteiger partial charge >= 0.3 is 6.18 Å². The van der Waals surface area contributed by atoms with Crippen molar-refractivity contribution in [3.63, 3.8) is 0 Å². The third-order valence-electron chi connectivity index (χ3n) is 4.08. The van der Waals surface area contributed by atoms with Gasteiger partial charge in [-0.05, 0) is 6.07 Å². The van der Waals surface area contributed by atoms with Gasteiger partial charge in [0.25, 0.3) is 5.89 Å². The van der Waals surface area contributed by atoms with E-state index in [1.807, 2.05) is 0 Å². The normalized spacial score (nSPS) is 11.9. The molecule has 0 fully saturated rings. The molecule has 0 saturated carbocycles. The molecule has 162 valence electrons. The van der Waals surface area contributed by atoms with Crippen LogP contribution in [0.3, 0.4) is 0 Å². The van der Waals surface area contributed by atoms with Crippen LogP contribution in [0.1, 0.15) is 5.69 Å². The maximum Gasteiger partial charge on any atom is 0.434 e. The summed E-state index contributed by atoms with van der Waals surface area (Å²) in [6.07, 6.45) is -1.43. The van der Waals surface area contributed by atoms with Crippen LogP contribution in [0.25, 0.3) is 28.6 Å². The van der Waals surface area contributed by atoms with E-state index in [-0.39, 0.29) is 39.7 Å². The van der Waals surface area contributed by atoms with Crippen LogP contribution in [0.2, 0.25) is 10.0 Å².